The van der Waals surface area contributed by atoms with E-state index in [4.69, 9.17) is 4.74 Å². The van der Waals surface area contributed by atoms with Crippen molar-refractivity contribution in [1.82, 2.24) is 4.90 Å². The molecule has 1 aliphatic heterocycles. The third-order valence-electron chi connectivity index (χ3n) is 3.93. The molecule has 0 bridgehead atoms. The van der Waals surface area contributed by atoms with Crippen molar-refractivity contribution < 1.29 is 14.3 Å². The molecule has 1 heterocycles. The van der Waals surface area contributed by atoms with Crippen molar-refractivity contribution in [3.63, 3.8) is 0 Å². The first-order chi connectivity index (χ1) is 10.0. The monoisotopic (exact) mass is 297 g/mol. The average Bonchev–Trinajstić information content (AvgIpc) is 2.79. The fraction of sp³-hybridized carbons (Fsp3) is 0.882. The first-order valence-electron chi connectivity index (χ1n) is 8.52. The van der Waals surface area contributed by atoms with Gasteiger partial charge < -0.3 is 9.64 Å². The number of carbonyl (C=O) groups excluding carboxylic acids is 2. The second-order valence-electron chi connectivity index (χ2n) is 6.35. The summed E-state index contributed by atoms with van der Waals surface area (Å²) in [6, 6.07) is 0. The lowest BCUT2D eigenvalue weighted by molar-refractivity contribution is -0.152. The molecule has 0 aromatic rings. The number of esters is 1. The van der Waals surface area contributed by atoms with Crippen molar-refractivity contribution >= 4 is 11.9 Å². The average molecular weight is 297 g/mol. The second kappa shape index (κ2) is 9.80. The van der Waals surface area contributed by atoms with Crippen LogP contribution in [0.15, 0.2) is 0 Å². The SMILES string of the molecule is CCCCCCCCCN1CC(C(=O)OC(C)C)CC1=O. The molecule has 4 nitrogen and oxygen atoms in total. The normalized spacial score (nSPS) is 18.6. The number of rotatable bonds is 10. The molecule has 0 N–H and O–H groups in total. The summed E-state index contributed by atoms with van der Waals surface area (Å²) in [5.41, 5.74) is 0. The third kappa shape index (κ3) is 6.96. The first-order valence-corrected chi connectivity index (χ1v) is 8.52. The molecule has 4 heteroatoms. The maximum atomic E-state index is 11.9. The maximum Gasteiger partial charge on any atom is 0.311 e. The van der Waals surface area contributed by atoms with Gasteiger partial charge in [0.25, 0.3) is 0 Å². The van der Waals surface area contributed by atoms with Crippen LogP contribution in [0.25, 0.3) is 0 Å². The standard InChI is InChI=1S/C17H31NO3/c1-4-5-6-7-8-9-10-11-18-13-15(12-16(18)19)17(20)21-14(2)3/h14-15H,4-13H2,1-3H3. The lowest BCUT2D eigenvalue weighted by Crippen LogP contribution is -2.28. The molecule has 21 heavy (non-hydrogen) atoms. The van der Waals surface area contributed by atoms with E-state index < -0.39 is 0 Å². The van der Waals surface area contributed by atoms with Crippen LogP contribution in [0, 0.1) is 5.92 Å². The Morgan fingerprint density at radius 2 is 1.81 bits per heavy atom. The van der Waals surface area contributed by atoms with Gasteiger partial charge in [-0.15, -0.1) is 0 Å². The number of likely N-dealkylation sites (tertiary alicyclic amines) is 1. The lowest BCUT2D eigenvalue weighted by Gasteiger charge is -2.16. The van der Waals surface area contributed by atoms with Gasteiger partial charge in [-0.1, -0.05) is 45.4 Å². The molecule has 1 amide bonds. The molecule has 0 aromatic carbocycles. The predicted octanol–water partition coefficient (Wildman–Crippen LogP) is 3.54. The molecule has 122 valence electrons. The molecule has 0 aliphatic carbocycles. The van der Waals surface area contributed by atoms with Crippen molar-refractivity contribution in [2.75, 3.05) is 13.1 Å². The van der Waals surface area contributed by atoms with Gasteiger partial charge in [-0.25, -0.2) is 0 Å². The van der Waals surface area contributed by atoms with Gasteiger partial charge in [-0.3, -0.25) is 9.59 Å². The molecular formula is C17H31NO3. The molecule has 0 spiro atoms. The molecule has 0 saturated carbocycles. The van der Waals surface area contributed by atoms with Crippen LogP contribution >= 0.6 is 0 Å². The van der Waals surface area contributed by atoms with E-state index in [1.807, 2.05) is 18.7 Å². The van der Waals surface area contributed by atoms with E-state index in [0.717, 1.165) is 13.0 Å². The molecule has 1 atom stereocenters. The summed E-state index contributed by atoms with van der Waals surface area (Å²) in [5.74, 6) is -0.378. The summed E-state index contributed by atoms with van der Waals surface area (Å²) in [5, 5.41) is 0. The van der Waals surface area contributed by atoms with E-state index in [2.05, 4.69) is 6.92 Å². The van der Waals surface area contributed by atoms with Gasteiger partial charge in [-0.2, -0.15) is 0 Å². The summed E-state index contributed by atoms with van der Waals surface area (Å²) in [4.78, 5) is 25.6. The topological polar surface area (TPSA) is 46.6 Å². The number of amides is 1. The van der Waals surface area contributed by atoms with E-state index in [1.165, 1.54) is 38.5 Å². The number of unbranched alkanes of at least 4 members (excludes halogenated alkanes) is 6. The highest BCUT2D eigenvalue weighted by Gasteiger charge is 2.35. The van der Waals surface area contributed by atoms with Crippen LogP contribution in [-0.2, 0) is 14.3 Å². The Labute approximate surface area is 129 Å². The summed E-state index contributed by atoms with van der Waals surface area (Å²) in [6.07, 6.45) is 8.90. The molecule has 0 radical (unpaired) electrons. The van der Waals surface area contributed by atoms with E-state index in [1.54, 1.807) is 0 Å². The summed E-state index contributed by atoms with van der Waals surface area (Å²) in [7, 11) is 0. The van der Waals surface area contributed by atoms with Crippen LogP contribution in [-0.4, -0.2) is 36.0 Å². The highest BCUT2D eigenvalue weighted by Crippen LogP contribution is 2.20. The fourth-order valence-electron chi connectivity index (χ4n) is 2.73. The van der Waals surface area contributed by atoms with E-state index in [0.29, 0.717) is 13.0 Å². The quantitative estimate of drug-likeness (QED) is 0.458. The molecule has 1 fully saturated rings. The van der Waals surface area contributed by atoms with Crippen molar-refractivity contribution in [2.45, 2.75) is 78.2 Å². The van der Waals surface area contributed by atoms with Crippen LogP contribution in [0.1, 0.15) is 72.1 Å². The minimum atomic E-state index is -0.260. The Hall–Kier alpha value is -1.06. The van der Waals surface area contributed by atoms with Gasteiger partial charge in [0.05, 0.1) is 12.0 Å². The lowest BCUT2D eigenvalue weighted by atomic mass is 10.1. The number of hydrogen-bond acceptors (Lipinski definition) is 3. The Morgan fingerprint density at radius 1 is 1.19 bits per heavy atom. The van der Waals surface area contributed by atoms with Crippen molar-refractivity contribution in [2.24, 2.45) is 5.92 Å². The Morgan fingerprint density at radius 3 is 2.43 bits per heavy atom. The Balaban J connectivity index is 2.16. The number of ether oxygens (including phenoxy) is 1. The van der Waals surface area contributed by atoms with Crippen LogP contribution < -0.4 is 0 Å². The molecule has 0 aromatic heterocycles. The summed E-state index contributed by atoms with van der Waals surface area (Å²) < 4.78 is 5.19. The highest BCUT2D eigenvalue weighted by molar-refractivity contribution is 5.86. The fourth-order valence-corrected chi connectivity index (χ4v) is 2.73. The second-order valence-corrected chi connectivity index (χ2v) is 6.35. The van der Waals surface area contributed by atoms with Gasteiger partial charge in [0.15, 0.2) is 0 Å². The Kier molecular flexibility index (Phi) is 8.40. The predicted molar refractivity (Wildman–Crippen MR) is 83.9 cm³/mol. The summed E-state index contributed by atoms with van der Waals surface area (Å²) >= 11 is 0. The van der Waals surface area contributed by atoms with Crippen LogP contribution in [0.5, 0.6) is 0 Å². The van der Waals surface area contributed by atoms with Crippen molar-refractivity contribution in [3.05, 3.63) is 0 Å². The van der Waals surface area contributed by atoms with Gasteiger partial charge in [-0.05, 0) is 20.3 Å². The smallest absolute Gasteiger partial charge is 0.311 e. The number of nitrogens with zero attached hydrogens (tertiary/aromatic N) is 1. The third-order valence-corrected chi connectivity index (χ3v) is 3.93. The highest BCUT2D eigenvalue weighted by atomic mass is 16.5. The largest absolute Gasteiger partial charge is 0.463 e. The minimum Gasteiger partial charge on any atom is -0.463 e. The summed E-state index contributed by atoms with van der Waals surface area (Å²) in [6.45, 7) is 7.23. The zero-order valence-electron chi connectivity index (χ0n) is 13.9. The molecule has 1 aliphatic rings. The zero-order chi connectivity index (χ0) is 15.7. The molecule has 1 saturated heterocycles. The van der Waals surface area contributed by atoms with Crippen LogP contribution in [0.3, 0.4) is 0 Å². The minimum absolute atomic E-state index is 0.103. The molecule has 1 unspecified atom stereocenters. The van der Waals surface area contributed by atoms with Crippen molar-refractivity contribution in [1.29, 1.82) is 0 Å². The molecular weight excluding hydrogens is 266 g/mol. The zero-order valence-corrected chi connectivity index (χ0v) is 13.9. The van der Waals surface area contributed by atoms with Crippen molar-refractivity contribution in [3.8, 4) is 0 Å². The molecule has 1 rings (SSSR count). The van der Waals surface area contributed by atoms with Gasteiger partial charge in [0, 0.05) is 19.5 Å². The number of hydrogen-bond donors (Lipinski definition) is 0. The van der Waals surface area contributed by atoms with E-state index >= 15 is 0 Å². The van der Waals surface area contributed by atoms with Gasteiger partial charge in [0.1, 0.15) is 0 Å². The van der Waals surface area contributed by atoms with Crippen LogP contribution in [0.2, 0.25) is 0 Å². The Bertz CT molecular complexity index is 328. The van der Waals surface area contributed by atoms with Crippen LogP contribution in [0.4, 0.5) is 0 Å². The maximum absolute atomic E-state index is 11.9. The van der Waals surface area contributed by atoms with E-state index in [-0.39, 0.29) is 23.9 Å². The van der Waals surface area contributed by atoms with Gasteiger partial charge >= 0.3 is 5.97 Å². The first kappa shape index (κ1) is 18.0. The van der Waals surface area contributed by atoms with E-state index in [9.17, 15) is 9.59 Å². The number of carbonyl (C=O) groups is 2. The van der Waals surface area contributed by atoms with Gasteiger partial charge in [0.2, 0.25) is 5.91 Å².